The number of carbonyl (C=O) groups excluding carboxylic acids is 2. The molecule has 1 unspecified atom stereocenters. The number of hydrogen-bond acceptors (Lipinski definition) is 3. The van der Waals surface area contributed by atoms with E-state index in [0.717, 1.165) is 5.56 Å². The van der Waals surface area contributed by atoms with E-state index < -0.39 is 6.04 Å². The number of fused-ring (bicyclic) bond motifs is 1. The van der Waals surface area contributed by atoms with Crippen LogP contribution < -0.4 is 10.2 Å². The van der Waals surface area contributed by atoms with Gasteiger partial charge in [-0.25, -0.2) is 0 Å². The Balaban J connectivity index is 2.05. The first-order valence-corrected chi connectivity index (χ1v) is 6.77. The van der Waals surface area contributed by atoms with Crippen molar-refractivity contribution in [3.8, 4) is 0 Å². The fourth-order valence-electron chi connectivity index (χ4n) is 2.42. The van der Waals surface area contributed by atoms with E-state index in [1.807, 2.05) is 18.2 Å². The smallest absolute Gasteiger partial charge is 0.254 e. The molecule has 3 rings (SSSR count). The first kappa shape index (κ1) is 13.3. The molecule has 5 heteroatoms. The van der Waals surface area contributed by atoms with Crippen LogP contribution in [-0.4, -0.2) is 22.8 Å². The van der Waals surface area contributed by atoms with Crippen LogP contribution in [0.3, 0.4) is 0 Å². The number of amides is 2. The Bertz CT molecular complexity index is 685. The zero-order chi connectivity index (χ0) is 14.8. The fraction of sp³-hybridized carbons (Fsp3) is 0.188. The van der Waals surface area contributed by atoms with Gasteiger partial charge in [0.05, 0.1) is 17.8 Å². The second kappa shape index (κ2) is 5.36. The molecule has 0 spiro atoms. The van der Waals surface area contributed by atoms with E-state index >= 15 is 0 Å². The highest BCUT2D eigenvalue weighted by atomic mass is 16.2. The van der Waals surface area contributed by atoms with Crippen molar-refractivity contribution < 1.29 is 9.59 Å². The predicted molar refractivity (Wildman–Crippen MR) is 78.8 cm³/mol. The third-order valence-electron chi connectivity index (χ3n) is 3.51. The lowest BCUT2D eigenvalue weighted by atomic mass is 10.1. The third kappa shape index (κ3) is 2.50. The zero-order valence-electron chi connectivity index (χ0n) is 11.6. The van der Waals surface area contributed by atoms with Gasteiger partial charge in [-0.05, 0) is 36.8 Å². The maximum absolute atomic E-state index is 12.6. The minimum absolute atomic E-state index is 0.120. The summed E-state index contributed by atoms with van der Waals surface area (Å²) in [4.78, 5) is 30.3. The van der Waals surface area contributed by atoms with Crippen LogP contribution in [0.4, 0.5) is 5.69 Å². The highest BCUT2D eigenvalue weighted by Gasteiger charge is 2.30. The van der Waals surface area contributed by atoms with Gasteiger partial charge in [0, 0.05) is 12.4 Å². The average molecular weight is 281 g/mol. The minimum atomic E-state index is -0.549. The Morgan fingerprint density at radius 1 is 1.14 bits per heavy atom. The lowest BCUT2D eigenvalue weighted by Gasteiger charge is -2.24. The standard InChI is InChI=1S/C16H15N3O2/c1-11-16(21)19(10-12-6-8-17-9-7-12)14-5-3-2-4-13(14)15(20)18-11/h2-9,11H,10H2,1H3,(H,18,20). The van der Waals surface area contributed by atoms with Gasteiger partial charge in [0.2, 0.25) is 5.91 Å². The molecule has 1 aromatic heterocycles. The van der Waals surface area contributed by atoms with E-state index in [1.54, 1.807) is 42.4 Å². The van der Waals surface area contributed by atoms with Crippen molar-refractivity contribution >= 4 is 17.5 Å². The van der Waals surface area contributed by atoms with Crippen molar-refractivity contribution in [2.45, 2.75) is 19.5 Å². The van der Waals surface area contributed by atoms with Crippen molar-refractivity contribution in [1.82, 2.24) is 10.3 Å². The van der Waals surface area contributed by atoms with Gasteiger partial charge < -0.3 is 10.2 Å². The van der Waals surface area contributed by atoms with Crippen molar-refractivity contribution in [3.63, 3.8) is 0 Å². The quantitative estimate of drug-likeness (QED) is 0.912. The van der Waals surface area contributed by atoms with E-state index in [2.05, 4.69) is 10.3 Å². The monoisotopic (exact) mass is 281 g/mol. The number of anilines is 1. The molecule has 1 aliphatic heterocycles. The van der Waals surface area contributed by atoms with Crippen LogP contribution in [0.5, 0.6) is 0 Å². The fourth-order valence-corrected chi connectivity index (χ4v) is 2.42. The molecule has 2 heterocycles. The third-order valence-corrected chi connectivity index (χ3v) is 3.51. The van der Waals surface area contributed by atoms with Gasteiger partial charge in [-0.15, -0.1) is 0 Å². The van der Waals surface area contributed by atoms with E-state index in [0.29, 0.717) is 17.8 Å². The van der Waals surface area contributed by atoms with E-state index in [9.17, 15) is 9.59 Å². The van der Waals surface area contributed by atoms with Gasteiger partial charge >= 0.3 is 0 Å². The summed E-state index contributed by atoms with van der Waals surface area (Å²) in [5.41, 5.74) is 2.13. The molecule has 0 saturated heterocycles. The number of benzene rings is 1. The molecule has 1 aromatic carbocycles. The van der Waals surface area contributed by atoms with Crippen LogP contribution in [0, 0.1) is 0 Å². The number of rotatable bonds is 2. The maximum Gasteiger partial charge on any atom is 0.254 e. The van der Waals surface area contributed by atoms with Gasteiger partial charge in [0.25, 0.3) is 5.91 Å². The van der Waals surface area contributed by atoms with Crippen LogP contribution in [0.25, 0.3) is 0 Å². The molecular weight excluding hydrogens is 266 g/mol. The lowest BCUT2D eigenvalue weighted by molar-refractivity contribution is -0.120. The van der Waals surface area contributed by atoms with Gasteiger partial charge in [0.1, 0.15) is 6.04 Å². The topological polar surface area (TPSA) is 62.3 Å². The van der Waals surface area contributed by atoms with Crippen molar-refractivity contribution in [3.05, 3.63) is 59.9 Å². The van der Waals surface area contributed by atoms with E-state index in [-0.39, 0.29) is 11.8 Å². The molecule has 2 aromatic rings. The average Bonchev–Trinajstić information content (AvgIpc) is 2.60. The number of carbonyl (C=O) groups is 2. The zero-order valence-corrected chi connectivity index (χ0v) is 11.6. The molecule has 0 radical (unpaired) electrons. The van der Waals surface area contributed by atoms with Crippen molar-refractivity contribution in [2.24, 2.45) is 0 Å². The number of nitrogens with one attached hydrogen (secondary N) is 1. The first-order valence-electron chi connectivity index (χ1n) is 6.77. The number of hydrogen-bond donors (Lipinski definition) is 1. The molecule has 1 N–H and O–H groups in total. The van der Waals surface area contributed by atoms with Crippen LogP contribution in [0.2, 0.25) is 0 Å². The number of aromatic nitrogens is 1. The summed E-state index contributed by atoms with van der Waals surface area (Å²) in [6.07, 6.45) is 3.38. The van der Waals surface area contributed by atoms with E-state index in [1.165, 1.54) is 0 Å². The summed E-state index contributed by atoms with van der Waals surface area (Å²) in [6, 6.07) is 10.3. The Morgan fingerprint density at radius 2 is 1.86 bits per heavy atom. The van der Waals surface area contributed by atoms with Crippen LogP contribution in [-0.2, 0) is 11.3 Å². The summed E-state index contributed by atoms with van der Waals surface area (Å²) in [5.74, 6) is -0.339. The van der Waals surface area contributed by atoms with Crippen molar-refractivity contribution in [2.75, 3.05) is 4.90 Å². The number of para-hydroxylation sites is 1. The summed E-state index contributed by atoms with van der Waals surface area (Å²) in [5, 5.41) is 2.72. The number of nitrogens with zero attached hydrogens (tertiary/aromatic N) is 2. The maximum atomic E-state index is 12.6. The SMILES string of the molecule is CC1NC(=O)c2ccccc2N(Cc2ccncc2)C1=O. The van der Waals surface area contributed by atoms with Gasteiger partial charge in [-0.3, -0.25) is 14.6 Å². The molecule has 0 aliphatic carbocycles. The minimum Gasteiger partial charge on any atom is -0.340 e. The number of pyridine rings is 1. The summed E-state index contributed by atoms with van der Waals surface area (Å²) < 4.78 is 0. The molecular formula is C16H15N3O2. The van der Waals surface area contributed by atoms with E-state index in [4.69, 9.17) is 0 Å². The van der Waals surface area contributed by atoms with Crippen LogP contribution in [0.15, 0.2) is 48.8 Å². The van der Waals surface area contributed by atoms with Crippen molar-refractivity contribution in [1.29, 1.82) is 0 Å². The molecule has 1 atom stereocenters. The second-order valence-electron chi connectivity index (χ2n) is 4.99. The Kier molecular flexibility index (Phi) is 3.39. The van der Waals surface area contributed by atoms with Gasteiger partial charge in [-0.2, -0.15) is 0 Å². The molecule has 0 fully saturated rings. The highest BCUT2D eigenvalue weighted by molar-refractivity contribution is 6.10. The van der Waals surface area contributed by atoms with Gasteiger partial charge in [-0.1, -0.05) is 12.1 Å². The highest BCUT2D eigenvalue weighted by Crippen LogP contribution is 2.25. The molecule has 5 nitrogen and oxygen atoms in total. The largest absolute Gasteiger partial charge is 0.340 e. The first-order chi connectivity index (χ1) is 10.2. The summed E-state index contributed by atoms with van der Waals surface area (Å²) in [7, 11) is 0. The molecule has 21 heavy (non-hydrogen) atoms. The Hall–Kier alpha value is -2.69. The summed E-state index contributed by atoms with van der Waals surface area (Å²) >= 11 is 0. The lowest BCUT2D eigenvalue weighted by Crippen LogP contribution is -2.43. The molecule has 0 bridgehead atoms. The molecule has 106 valence electrons. The molecule has 1 aliphatic rings. The molecule has 2 amide bonds. The van der Waals surface area contributed by atoms with Crippen LogP contribution >= 0.6 is 0 Å². The Labute approximate surface area is 122 Å². The second-order valence-corrected chi connectivity index (χ2v) is 4.99. The summed E-state index contributed by atoms with van der Waals surface area (Å²) in [6.45, 7) is 2.11. The molecule has 0 saturated carbocycles. The van der Waals surface area contributed by atoms with Gasteiger partial charge in [0.15, 0.2) is 0 Å². The normalized spacial score (nSPS) is 18.0. The van der Waals surface area contributed by atoms with Crippen LogP contribution in [0.1, 0.15) is 22.8 Å². The Morgan fingerprint density at radius 3 is 2.62 bits per heavy atom. The predicted octanol–water partition coefficient (Wildman–Crippen LogP) is 1.75.